The van der Waals surface area contributed by atoms with Crippen LogP contribution in [0.1, 0.15) is 53.9 Å². The number of primary amides is 1. The van der Waals surface area contributed by atoms with Crippen molar-refractivity contribution in [3.05, 3.63) is 0 Å². The summed E-state index contributed by atoms with van der Waals surface area (Å²) in [6.45, 7) is 10.8. The molecule has 0 aromatic carbocycles. The van der Waals surface area contributed by atoms with Crippen LogP contribution in [-0.4, -0.2) is 18.4 Å². The molecule has 0 fully saturated rings. The molecule has 4 nitrogen and oxygen atoms in total. The van der Waals surface area contributed by atoms with Crippen LogP contribution in [0, 0.1) is 23.7 Å². The fourth-order valence-corrected chi connectivity index (χ4v) is 2.30. The van der Waals surface area contributed by atoms with E-state index in [-0.39, 0.29) is 23.7 Å². The average Bonchev–Trinajstić information content (AvgIpc) is 2.25. The van der Waals surface area contributed by atoms with E-state index >= 15 is 0 Å². The van der Waals surface area contributed by atoms with Crippen molar-refractivity contribution in [1.29, 1.82) is 0 Å². The molecule has 0 rings (SSSR count). The highest BCUT2D eigenvalue weighted by Crippen LogP contribution is 2.15. The fraction of sp³-hybridized carbons (Fsp3) is 0.867. The largest absolute Gasteiger partial charge is 0.369 e. The van der Waals surface area contributed by atoms with Gasteiger partial charge in [-0.1, -0.05) is 34.6 Å². The van der Waals surface area contributed by atoms with Gasteiger partial charge in [-0.25, -0.2) is 0 Å². The second kappa shape index (κ2) is 8.94. The third-order valence-corrected chi connectivity index (χ3v) is 3.22. The topological polar surface area (TPSA) is 72.2 Å². The quantitative estimate of drug-likeness (QED) is 0.675. The number of carbonyl (C=O) groups is 2. The monoisotopic (exact) mass is 270 g/mol. The molecular weight excluding hydrogens is 240 g/mol. The summed E-state index contributed by atoms with van der Waals surface area (Å²) in [6.07, 6.45) is 2.30. The molecule has 0 aliphatic heterocycles. The number of carbonyl (C=O) groups excluding carboxylic acids is 2. The van der Waals surface area contributed by atoms with Gasteiger partial charge >= 0.3 is 0 Å². The minimum atomic E-state index is -0.266. The third-order valence-electron chi connectivity index (χ3n) is 3.22. The van der Waals surface area contributed by atoms with Crippen molar-refractivity contribution < 1.29 is 9.59 Å². The van der Waals surface area contributed by atoms with E-state index in [0.717, 1.165) is 12.8 Å². The van der Waals surface area contributed by atoms with E-state index in [1.165, 1.54) is 0 Å². The molecule has 4 heteroatoms. The molecule has 0 aliphatic rings. The van der Waals surface area contributed by atoms with E-state index in [4.69, 9.17) is 5.73 Å². The Kier molecular flexibility index (Phi) is 8.44. The van der Waals surface area contributed by atoms with Crippen LogP contribution in [0.2, 0.25) is 0 Å². The summed E-state index contributed by atoms with van der Waals surface area (Å²) in [4.78, 5) is 23.1. The van der Waals surface area contributed by atoms with Gasteiger partial charge in [0, 0.05) is 18.4 Å². The number of nitrogens with one attached hydrogen (secondary N) is 1. The zero-order valence-corrected chi connectivity index (χ0v) is 13.0. The molecule has 19 heavy (non-hydrogen) atoms. The molecule has 0 aromatic rings. The minimum absolute atomic E-state index is 0.0251. The lowest BCUT2D eigenvalue weighted by Crippen LogP contribution is -2.34. The lowest BCUT2D eigenvalue weighted by atomic mass is 9.93. The summed E-state index contributed by atoms with van der Waals surface area (Å²) in [6, 6.07) is 0. The molecule has 0 aliphatic carbocycles. The maximum atomic E-state index is 11.8. The number of hydrogen-bond acceptors (Lipinski definition) is 2. The molecule has 112 valence electrons. The normalized spacial score (nSPS) is 14.5. The first kappa shape index (κ1) is 17.9. The van der Waals surface area contributed by atoms with E-state index in [1.54, 1.807) is 0 Å². The summed E-state index contributed by atoms with van der Waals surface area (Å²) in [5.74, 6) is 0.644. The summed E-state index contributed by atoms with van der Waals surface area (Å²) >= 11 is 0. The first-order valence-electron chi connectivity index (χ1n) is 7.31. The van der Waals surface area contributed by atoms with Gasteiger partial charge in [0.05, 0.1) is 0 Å². The zero-order chi connectivity index (χ0) is 15.0. The molecule has 0 spiro atoms. The SMILES string of the molecule is CC(C)CC(C)C(=O)NCCC(CC(C)C)C(N)=O. The van der Waals surface area contributed by atoms with Gasteiger partial charge in [0.2, 0.25) is 11.8 Å². The highest BCUT2D eigenvalue weighted by molar-refractivity contribution is 5.78. The Labute approximate surface area is 117 Å². The summed E-state index contributed by atoms with van der Waals surface area (Å²) < 4.78 is 0. The summed E-state index contributed by atoms with van der Waals surface area (Å²) in [5.41, 5.74) is 5.38. The molecule has 0 saturated carbocycles. The molecule has 0 saturated heterocycles. The molecule has 0 bridgehead atoms. The Morgan fingerprint density at radius 2 is 1.53 bits per heavy atom. The lowest BCUT2D eigenvalue weighted by molar-refractivity contribution is -0.126. The van der Waals surface area contributed by atoms with Gasteiger partial charge in [-0.2, -0.15) is 0 Å². The number of nitrogens with two attached hydrogens (primary N) is 1. The lowest BCUT2D eigenvalue weighted by Gasteiger charge is -2.17. The van der Waals surface area contributed by atoms with Crippen LogP contribution in [0.4, 0.5) is 0 Å². The Morgan fingerprint density at radius 3 is 1.95 bits per heavy atom. The van der Waals surface area contributed by atoms with Crippen molar-refractivity contribution in [2.75, 3.05) is 6.54 Å². The van der Waals surface area contributed by atoms with Crippen LogP contribution in [0.3, 0.4) is 0 Å². The van der Waals surface area contributed by atoms with E-state index in [0.29, 0.717) is 24.8 Å². The maximum absolute atomic E-state index is 11.8. The van der Waals surface area contributed by atoms with Gasteiger partial charge in [0.25, 0.3) is 0 Å². The van der Waals surface area contributed by atoms with Crippen LogP contribution in [0.15, 0.2) is 0 Å². The first-order chi connectivity index (χ1) is 8.73. The van der Waals surface area contributed by atoms with Gasteiger partial charge in [-0.15, -0.1) is 0 Å². The van der Waals surface area contributed by atoms with Crippen molar-refractivity contribution in [1.82, 2.24) is 5.32 Å². The summed E-state index contributed by atoms with van der Waals surface area (Å²) in [7, 11) is 0. The molecule has 2 unspecified atom stereocenters. The van der Waals surface area contributed by atoms with Crippen molar-refractivity contribution in [2.45, 2.75) is 53.9 Å². The maximum Gasteiger partial charge on any atom is 0.222 e. The predicted octanol–water partition coefficient (Wildman–Crippen LogP) is 2.32. The molecule has 0 radical (unpaired) electrons. The number of amides is 2. The molecular formula is C15H30N2O2. The second-order valence-corrected chi connectivity index (χ2v) is 6.34. The van der Waals surface area contributed by atoms with Gasteiger partial charge in [-0.05, 0) is 31.1 Å². The summed E-state index contributed by atoms with van der Waals surface area (Å²) in [5, 5.41) is 2.90. The van der Waals surface area contributed by atoms with Gasteiger partial charge in [-0.3, -0.25) is 9.59 Å². The van der Waals surface area contributed by atoms with E-state index in [2.05, 4.69) is 33.0 Å². The smallest absolute Gasteiger partial charge is 0.222 e. The van der Waals surface area contributed by atoms with E-state index in [1.807, 2.05) is 6.92 Å². The van der Waals surface area contributed by atoms with Crippen molar-refractivity contribution in [3.63, 3.8) is 0 Å². The predicted molar refractivity (Wildman–Crippen MR) is 78.4 cm³/mol. The van der Waals surface area contributed by atoms with Crippen molar-refractivity contribution >= 4 is 11.8 Å². The van der Waals surface area contributed by atoms with E-state index < -0.39 is 0 Å². The first-order valence-corrected chi connectivity index (χ1v) is 7.31. The number of hydrogen-bond donors (Lipinski definition) is 2. The Bertz CT molecular complexity index is 288. The molecule has 0 heterocycles. The van der Waals surface area contributed by atoms with Crippen LogP contribution in [0.5, 0.6) is 0 Å². The fourth-order valence-electron chi connectivity index (χ4n) is 2.30. The van der Waals surface area contributed by atoms with Crippen LogP contribution in [0.25, 0.3) is 0 Å². The molecule has 2 atom stereocenters. The standard InChI is InChI=1S/C15H30N2O2/c1-10(2)8-12(5)15(19)17-7-6-13(14(16)18)9-11(3)4/h10-13H,6-9H2,1-5H3,(H2,16,18)(H,17,19). The van der Waals surface area contributed by atoms with Gasteiger partial charge < -0.3 is 11.1 Å². The minimum Gasteiger partial charge on any atom is -0.369 e. The number of rotatable bonds is 9. The van der Waals surface area contributed by atoms with Crippen molar-refractivity contribution in [2.24, 2.45) is 29.4 Å². The highest BCUT2D eigenvalue weighted by atomic mass is 16.2. The van der Waals surface area contributed by atoms with Gasteiger partial charge in [0.1, 0.15) is 0 Å². The highest BCUT2D eigenvalue weighted by Gasteiger charge is 2.18. The molecule has 0 aromatic heterocycles. The van der Waals surface area contributed by atoms with E-state index in [9.17, 15) is 9.59 Å². The Morgan fingerprint density at radius 1 is 1.00 bits per heavy atom. The van der Waals surface area contributed by atoms with Crippen molar-refractivity contribution in [3.8, 4) is 0 Å². The molecule has 2 amide bonds. The Hall–Kier alpha value is -1.06. The van der Waals surface area contributed by atoms with Crippen LogP contribution in [-0.2, 0) is 9.59 Å². The molecule has 3 N–H and O–H groups in total. The third kappa shape index (κ3) is 8.62. The van der Waals surface area contributed by atoms with Crippen LogP contribution < -0.4 is 11.1 Å². The van der Waals surface area contributed by atoms with Gasteiger partial charge in [0.15, 0.2) is 0 Å². The second-order valence-electron chi connectivity index (χ2n) is 6.34. The average molecular weight is 270 g/mol. The zero-order valence-electron chi connectivity index (χ0n) is 13.0. The Balaban J connectivity index is 4.05. The van der Waals surface area contributed by atoms with Crippen LogP contribution >= 0.6 is 0 Å².